The van der Waals surface area contributed by atoms with E-state index in [0.717, 1.165) is 26.2 Å². The highest BCUT2D eigenvalue weighted by Gasteiger charge is 2.60. The number of amides is 1. The quantitative estimate of drug-likeness (QED) is 0.687. The molecule has 0 aromatic heterocycles. The van der Waals surface area contributed by atoms with Crippen LogP contribution in [-0.4, -0.2) is 61.1 Å². The minimum atomic E-state index is -1.71. The van der Waals surface area contributed by atoms with Crippen LogP contribution in [0.4, 0.5) is 4.39 Å². The molecule has 2 aliphatic rings. The fraction of sp³-hybridized carbons (Fsp3) is 0.900. The van der Waals surface area contributed by atoms with Crippen molar-refractivity contribution >= 4 is 5.91 Å². The number of halogens is 1. The largest absolute Gasteiger partial charge is 0.367 e. The summed E-state index contributed by atoms with van der Waals surface area (Å²) >= 11 is 0. The van der Waals surface area contributed by atoms with Crippen molar-refractivity contribution in [1.82, 2.24) is 9.80 Å². The molecule has 1 heterocycles. The lowest BCUT2D eigenvalue weighted by Gasteiger charge is -2.32. The Morgan fingerprint density at radius 2 is 2.07 bits per heavy atom. The van der Waals surface area contributed by atoms with Gasteiger partial charge in [0.2, 0.25) is 0 Å². The monoisotopic (exact) mass is 215 g/mol. The Morgan fingerprint density at radius 1 is 1.47 bits per heavy atom. The molecule has 4 nitrogen and oxygen atoms in total. The van der Waals surface area contributed by atoms with Gasteiger partial charge < -0.3 is 15.5 Å². The molecule has 2 N–H and O–H groups in total. The molecule has 0 aromatic carbocycles. The summed E-state index contributed by atoms with van der Waals surface area (Å²) in [6.45, 7) is 4.63. The minimum absolute atomic E-state index is 0.168. The molecule has 1 aliphatic heterocycles. The number of likely N-dealkylation sites (N-methyl/N-ethyl adjacent to an activating group) is 1. The van der Waals surface area contributed by atoms with E-state index in [9.17, 15) is 9.18 Å². The Balaban J connectivity index is 1.78. The number of piperazine rings is 1. The second-order valence-corrected chi connectivity index (χ2v) is 4.73. The molecule has 1 saturated carbocycles. The van der Waals surface area contributed by atoms with Gasteiger partial charge in [0.1, 0.15) is 0 Å². The third-order valence-electron chi connectivity index (χ3n) is 3.51. The van der Waals surface area contributed by atoms with Crippen molar-refractivity contribution in [2.45, 2.75) is 12.1 Å². The van der Waals surface area contributed by atoms with Gasteiger partial charge in [0, 0.05) is 38.6 Å². The molecule has 0 radical (unpaired) electrons. The molecule has 1 saturated heterocycles. The van der Waals surface area contributed by atoms with Gasteiger partial charge in [-0.15, -0.1) is 0 Å². The summed E-state index contributed by atoms with van der Waals surface area (Å²) in [5.74, 6) is -0.958. The fourth-order valence-electron chi connectivity index (χ4n) is 2.15. The maximum atomic E-state index is 13.6. The van der Waals surface area contributed by atoms with Crippen LogP contribution in [0, 0.1) is 5.92 Å². The Kier molecular flexibility index (Phi) is 2.68. The maximum absolute atomic E-state index is 13.6. The molecular weight excluding hydrogens is 197 g/mol. The van der Waals surface area contributed by atoms with E-state index in [0.29, 0.717) is 13.0 Å². The average Bonchev–Trinajstić information content (AvgIpc) is 2.83. The van der Waals surface area contributed by atoms with Crippen LogP contribution in [0.3, 0.4) is 0 Å². The molecule has 2 atom stereocenters. The van der Waals surface area contributed by atoms with Gasteiger partial charge in [0.15, 0.2) is 5.67 Å². The predicted octanol–water partition coefficient (Wildman–Crippen LogP) is -0.553. The highest BCUT2D eigenvalue weighted by molar-refractivity contribution is 5.87. The van der Waals surface area contributed by atoms with Gasteiger partial charge in [-0.3, -0.25) is 4.79 Å². The van der Waals surface area contributed by atoms with Crippen LogP contribution in [0.15, 0.2) is 0 Å². The molecule has 15 heavy (non-hydrogen) atoms. The van der Waals surface area contributed by atoms with E-state index in [-0.39, 0.29) is 5.92 Å². The number of hydrogen-bond donors (Lipinski definition) is 1. The molecule has 0 bridgehead atoms. The lowest BCUT2D eigenvalue weighted by molar-refractivity contribution is -0.124. The van der Waals surface area contributed by atoms with Crippen molar-refractivity contribution < 1.29 is 9.18 Å². The van der Waals surface area contributed by atoms with Crippen LogP contribution in [-0.2, 0) is 4.79 Å². The van der Waals surface area contributed by atoms with Gasteiger partial charge in [0.25, 0.3) is 5.91 Å². The zero-order chi connectivity index (χ0) is 11.1. The van der Waals surface area contributed by atoms with Crippen LogP contribution >= 0.6 is 0 Å². The summed E-state index contributed by atoms with van der Waals surface area (Å²) in [6, 6.07) is 0. The smallest absolute Gasteiger partial charge is 0.255 e. The second kappa shape index (κ2) is 3.72. The molecule has 86 valence electrons. The number of carbonyl (C=O) groups excluding carboxylic acids is 1. The Bertz CT molecular complexity index is 265. The lowest BCUT2D eigenvalue weighted by atomic mass is 10.2. The zero-order valence-electron chi connectivity index (χ0n) is 9.08. The van der Waals surface area contributed by atoms with E-state index in [4.69, 9.17) is 5.73 Å². The molecular formula is C10H18FN3O. The second-order valence-electron chi connectivity index (χ2n) is 4.73. The van der Waals surface area contributed by atoms with E-state index >= 15 is 0 Å². The van der Waals surface area contributed by atoms with Gasteiger partial charge in [0.05, 0.1) is 0 Å². The summed E-state index contributed by atoms with van der Waals surface area (Å²) in [5, 5.41) is 0. The van der Waals surface area contributed by atoms with E-state index in [1.165, 1.54) is 0 Å². The summed E-state index contributed by atoms with van der Waals surface area (Å²) in [7, 11) is 2.08. The Labute approximate surface area is 89.2 Å². The SMILES string of the molecule is CN1CCN(C[C@@H]2C[C@@]2(F)C(N)=O)CC1. The Hall–Kier alpha value is -0.680. The minimum Gasteiger partial charge on any atom is -0.367 e. The lowest BCUT2D eigenvalue weighted by Crippen LogP contribution is -2.45. The maximum Gasteiger partial charge on any atom is 0.255 e. The van der Waals surface area contributed by atoms with Gasteiger partial charge in [-0.25, -0.2) is 4.39 Å². The average molecular weight is 215 g/mol. The summed E-state index contributed by atoms with van der Waals surface area (Å²) < 4.78 is 13.6. The summed E-state index contributed by atoms with van der Waals surface area (Å²) in [4.78, 5) is 15.3. The first-order valence-electron chi connectivity index (χ1n) is 5.42. The Morgan fingerprint density at radius 3 is 2.53 bits per heavy atom. The van der Waals surface area contributed by atoms with Crippen molar-refractivity contribution in [2.75, 3.05) is 39.8 Å². The molecule has 1 aliphatic carbocycles. The molecule has 2 fully saturated rings. The van der Waals surface area contributed by atoms with E-state index in [1.54, 1.807) is 0 Å². The van der Waals surface area contributed by atoms with E-state index in [1.807, 2.05) is 0 Å². The van der Waals surface area contributed by atoms with Crippen molar-refractivity contribution in [3.8, 4) is 0 Å². The van der Waals surface area contributed by atoms with Crippen LogP contribution in [0.5, 0.6) is 0 Å². The number of primary amides is 1. The van der Waals surface area contributed by atoms with Gasteiger partial charge in [-0.05, 0) is 13.5 Å². The predicted molar refractivity (Wildman–Crippen MR) is 55.1 cm³/mol. The topological polar surface area (TPSA) is 49.6 Å². The number of rotatable bonds is 3. The zero-order valence-corrected chi connectivity index (χ0v) is 9.08. The number of carbonyl (C=O) groups is 1. The number of nitrogens with two attached hydrogens (primary N) is 1. The van der Waals surface area contributed by atoms with E-state index in [2.05, 4.69) is 16.8 Å². The summed E-state index contributed by atoms with van der Waals surface area (Å²) in [6.07, 6.45) is 0.314. The van der Waals surface area contributed by atoms with Gasteiger partial charge in [-0.1, -0.05) is 0 Å². The van der Waals surface area contributed by atoms with Crippen LogP contribution in [0.25, 0.3) is 0 Å². The van der Waals surface area contributed by atoms with Crippen LogP contribution in [0.1, 0.15) is 6.42 Å². The third kappa shape index (κ3) is 2.13. The number of nitrogens with zero attached hydrogens (tertiary/aromatic N) is 2. The van der Waals surface area contributed by atoms with Crippen molar-refractivity contribution in [2.24, 2.45) is 11.7 Å². The van der Waals surface area contributed by atoms with Crippen LogP contribution in [0.2, 0.25) is 0 Å². The first-order chi connectivity index (χ1) is 7.02. The van der Waals surface area contributed by atoms with Crippen LogP contribution < -0.4 is 5.73 Å². The highest BCUT2D eigenvalue weighted by Crippen LogP contribution is 2.47. The molecule has 0 unspecified atom stereocenters. The van der Waals surface area contributed by atoms with Crippen molar-refractivity contribution in [1.29, 1.82) is 0 Å². The van der Waals surface area contributed by atoms with Gasteiger partial charge >= 0.3 is 0 Å². The molecule has 5 heteroatoms. The molecule has 0 aromatic rings. The highest BCUT2D eigenvalue weighted by atomic mass is 19.1. The normalized spacial score (nSPS) is 37.9. The number of alkyl halides is 1. The first-order valence-corrected chi connectivity index (χ1v) is 5.42. The third-order valence-corrected chi connectivity index (χ3v) is 3.51. The fourth-order valence-corrected chi connectivity index (χ4v) is 2.15. The van der Waals surface area contributed by atoms with Crippen molar-refractivity contribution in [3.63, 3.8) is 0 Å². The summed E-state index contributed by atoms with van der Waals surface area (Å²) in [5.41, 5.74) is 3.30. The molecule has 1 amide bonds. The van der Waals surface area contributed by atoms with E-state index < -0.39 is 11.6 Å². The molecule has 2 rings (SSSR count). The standard InChI is InChI=1S/C10H18FN3O/c1-13-2-4-14(5-3-13)7-8-6-10(8,11)9(12)15/h8H,2-7H2,1H3,(H2,12,15)/t8-,10-/m0/s1. The first kappa shape index (κ1) is 10.8. The van der Waals surface area contributed by atoms with Gasteiger partial charge in [-0.2, -0.15) is 0 Å². The molecule has 0 spiro atoms. The number of hydrogen-bond acceptors (Lipinski definition) is 3. The van der Waals surface area contributed by atoms with Crippen molar-refractivity contribution in [3.05, 3.63) is 0 Å².